The number of nitriles is 2. The van der Waals surface area contributed by atoms with Gasteiger partial charge < -0.3 is 4.42 Å². The van der Waals surface area contributed by atoms with E-state index in [4.69, 9.17) is 4.42 Å². The van der Waals surface area contributed by atoms with Gasteiger partial charge in [-0.05, 0) is 73.4 Å². The minimum Gasteiger partial charge on any atom is -0.456 e. The smallest absolute Gasteiger partial charge is 0.136 e. The molecule has 0 radical (unpaired) electrons. The molecule has 0 unspecified atom stereocenters. The lowest BCUT2D eigenvalue weighted by Crippen LogP contribution is -1.90. The third-order valence-electron chi connectivity index (χ3n) is 6.69. The molecule has 1 heterocycles. The third-order valence-corrected chi connectivity index (χ3v) is 6.69. The van der Waals surface area contributed by atoms with Gasteiger partial charge in [-0.3, -0.25) is 0 Å². The predicted octanol–water partition coefficient (Wildman–Crippen LogP) is 7.94. The van der Waals surface area contributed by atoms with Gasteiger partial charge in [-0.1, -0.05) is 54.6 Å². The van der Waals surface area contributed by atoms with Crippen molar-refractivity contribution in [2.75, 3.05) is 0 Å². The van der Waals surface area contributed by atoms with Crippen molar-refractivity contribution in [3.63, 3.8) is 0 Å². The van der Waals surface area contributed by atoms with Crippen molar-refractivity contribution >= 4 is 65.0 Å². The Hall–Kier alpha value is -4.86. The van der Waals surface area contributed by atoms with Gasteiger partial charge in [0, 0.05) is 10.8 Å². The van der Waals surface area contributed by atoms with E-state index in [0.29, 0.717) is 11.1 Å². The molecule has 0 aliphatic heterocycles. The van der Waals surface area contributed by atoms with Crippen molar-refractivity contribution < 1.29 is 4.42 Å². The molecule has 0 saturated carbocycles. The molecule has 0 atom stereocenters. The first kappa shape index (κ1) is 17.8. The van der Waals surface area contributed by atoms with Crippen LogP contribution in [0.3, 0.4) is 0 Å². The topological polar surface area (TPSA) is 60.7 Å². The van der Waals surface area contributed by atoms with Crippen LogP contribution < -0.4 is 0 Å². The number of fused-ring (bicyclic) bond motifs is 11. The van der Waals surface area contributed by atoms with E-state index in [9.17, 15) is 10.5 Å². The fraction of sp³-hybridized carbons (Fsp3) is 0. The van der Waals surface area contributed by atoms with E-state index in [1.807, 2.05) is 42.5 Å². The summed E-state index contributed by atoms with van der Waals surface area (Å²) in [5.74, 6) is 0. The van der Waals surface area contributed by atoms with Crippen molar-refractivity contribution in [1.82, 2.24) is 0 Å². The van der Waals surface area contributed by atoms with Gasteiger partial charge in [-0.15, -0.1) is 0 Å². The van der Waals surface area contributed by atoms with Gasteiger partial charge in [-0.2, -0.15) is 10.5 Å². The molecule has 6 aromatic carbocycles. The van der Waals surface area contributed by atoms with Gasteiger partial charge in [0.2, 0.25) is 0 Å². The van der Waals surface area contributed by atoms with Crippen LogP contribution in [0.1, 0.15) is 11.1 Å². The first-order valence-electron chi connectivity index (χ1n) is 10.7. The highest BCUT2D eigenvalue weighted by Crippen LogP contribution is 2.42. The number of nitrogens with zero attached hydrogens (tertiary/aromatic N) is 2. The molecule has 0 saturated heterocycles. The van der Waals surface area contributed by atoms with E-state index in [0.717, 1.165) is 65.0 Å². The summed E-state index contributed by atoms with van der Waals surface area (Å²) >= 11 is 0. The fourth-order valence-corrected chi connectivity index (χ4v) is 5.22. The largest absolute Gasteiger partial charge is 0.456 e. The van der Waals surface area contributed by atoms with Gasteiger partial charge in [0.05, 0.1) is 11.1 Å². The molecule has 0 bridgehead atoms. The Kier molecular flexibility index (Phi) is 3.41. The van der Waals surface area contributed by atoms with Crippen LogP contribution in [0.4, 0.5) is 0 Å². The molecule has 7 aromatic rings. The van der Waals surface area contributed by atoms with Gasteiger partial charge in [0.25, 0.3) is 0 Å². The van der Waals surface area contributed by atoms with E-state index in [2.05, 4.69) is 54.6 Å². The lowest BCUT2D eigenvalue weighted by molar-refractivity contribution is 0.669. The van der Waals surface area contributed by atoms with E-state index in [-0.39, 0.29) is 0 Å². The fourth-order valence-electron chi connectivity index (χ4n) is 5.22. The van der Waals surface area contributed by atoms with Crippen LogP contribution in [-0.2, 0) is 0 Å². The highest BCUT2D eigenvalue weighted by atomic mass is 16.3. The zero-order chi connectivity index (χ0) is 22.1. The number of hydrogen-bond acceptors (Lipinski definition) is 3. The molecule has 0 fully saturated rings. The maximum absolute atomic E-state index is 9.73. The summed E-state index contributed by atoms with van der Waals surface area (Å²) in [6, 6.07) is 33.1. The average Bonchev–Trinajstić information content (AvgIpc) is 3.24. The minimum atomic E-state index is 0.392. The van der Waals surface area contributed by atoms with Crippen molar-refractivity contribution in [3.8, 4) is 12.1 Å². The number of benzene rings is 6. The number of rotatable bonds is 0. The molecule has 0 amide bonds. The Balaban J connectivity index is 1.83. The molecule has 3 nitrogen and oxygen atoms in total. The molecule has 0 aliphatic carbocycles. The van der Waals surface area contributed by atoms with Crippen LogP contribution in [0.15, 0.2) is 89.3 Å². The summed E-state index contributed by atoms with van der Waals surface area (Å²) in [7, 11) is 0. The highest BCUT2D eigenvalue weighted by molar-refractivity contribution is 6.33. The van der Waals surface area contributed by atoms with Crippen molar-refractivity contribution in [1.29, 1.82) is 10.5 Å². The monoisotopic (exact) mass is 418 g/mol. The lowest BCUT2D eigenvalue weighted by Gasteiger charge is -2.14. The molecule has 33 heavy (non-hydrogen) atoms. The molecule has 0 aliphatic rings. The van der Waals surface area contributed by atoms with Crippen LogP contribution in [0, 0.1) is 22.7 Å². The quantitative estimate of drug-likeness (QED) is 0.235. The van der Waals surface area contributed by atoms with Crippen molar-refractivity contribution in [2.24, 2.45) is 0 Å². The maximum atomic E-state index is 9.73. The molecular weight excluding hydrogens is 404 g/mol. The SMILES string of the molecule is N#Cc1cc2c3cc4c(cc3c3ccc5ccccc5c3c2cc1C#N)oc1ccccc14. The zero-order valence-corrected chi connectivity index (χ0v) is 17.4. The molecule has 0 N–H and O–H groups in total. The second kappa shape index (κ2) is 6.33. The number of para-hydroxylation sites is 1. The summed E-state index contributed by atoms with van der Waals surface area (Å²) in [5.41, 5.74) is 2.48. The van der Waals surface area contributed by atoms with Crippen LogP contribution in [0.2, 0.25) is 0 Å². The third kappa shape index (κ3) is 2.31. The van der Waals surface area contributed by atoms with E-state index < -0.39 is 0 Å². The van der Waals surface area contributed by atoms with E-state index in [1.54, 1.807) is 0 Å². The summed E-state index contributed by atoms with van der Waals surface area (Å²) in [4.78, 5) is 0. The van der Waals surface area contributed by atoms with Crippen molar-refractivity contribution in [2.45, 2.75) is 0 Å². The second-order valence-electron chi connectivity index (χ2n) is 8.37. The molecule has 3 heteroatoms. The summed E-state index contributed by atoms with van der Waals surface area (Å²) < 4.78 is 6.20. The van der Waals surface area contributed by atoms with Gasteiger partial charge in [0.15, 0.2) is 0 Å². The van der Waals surface area contributed by atoms with Gasteiger partial charge in [0.1, 0.15) is 23.3 Å². The molecule has 150 valence electrons. The molecule has 7 rings (SSSR count). The predicted molar refractivity (Wildman–Crippen MR) is 133 cm³/mol. The standard InChI is InChI=1S/C30H14N2O/c31-15-18-11-23-24-13-26-21-7-3-4-8-28(21)33-29(26)14-25(24)22-10-9-17-5-1-2-6-20(17)30(22)27(23)12-19(18)16-32/h1-14H. The Labute approximate surface area is 188 Å². The maximum Gasteiger partial charge on any atom is 0.136 e. The normalized spacial score (nSPS) is 11.6. The van der Waals surface area contributed by atoms with Crippen LogP contribution in [-0.4, -0.2) is 0 Å². The number of furan rings is 1. The Bertz CT molecular complexity index is 2050. The van der Waals surface area contributed by atoms with E-state index in [1.165, 1.54) is 0 Å². The molecule has 1 aromatic heterocycles. The lowest BCUT2D eigenvalue weighted by atomic mass is 9.88. The number of hydrogen-bond donors (Lipinski definition) is 0. The Morgan fingerprint density at radius 2 is 1.15 bits per heavy atom. The second-order valence-corrected chi connectivity index (χ2v) is 8.37. The highest BCUT2D eigenvalue weighted by Gasteiger charge is 2.17. The Morgan fingerprint density at radius 3 is 1.97 bits per heavy atom. The first-order chi connectivity index (χ1) is 16.3. The first-order valence-corrected chi connectivity index (χ1v) is 10.7. The van der Waals surface area contributed by atoms with Crippen molar-refractivity contribution in [3.05, 3.63) is 96.1 Å². The average molecular weight is 418 g/mol. The molecular formula is C30H14N2O. The van der Waals surface area contributed by atoms with Crippen LogP contribution >= 0.6 is 0 Å². The molecule has 0 spiro atoms. The summed E-state index contributed by atoms with van der Waals surface area (Å²) in [6.45, 7) is 0. The van der Waals surface area contributed by atoms with Gasteiger partial charge >= 0.3 is 0 Å². The Morgan fingerprint density at radius 1 is 0.485 bits per heavy atom. The van der Waals surface area contributed by atoms with Gasteiger partial charge in [-0.25, -0.2) is 0 Å². The van der Waals surface area contributed by atoms with E-state index >= 15 is 0 Å². The summed E-state index contributed by atoms with van der Waals surface area (Å²) in [5, 5.41) is 30.1. The van der Waals surface area contributed by atoms with Crippen LogP contribution in [0.5, 0.6) is 0 Å². The van der Waals surface area contributed by atoms with Crippen LogP contribution in [0.25, 0.3) is 65.0 Å². The summed E-state index contributed by atoms with van der Waals surface area (Å²) in [6.07, 6.45) is 0. The minimum absolute atomic E-state index is 0.392. The zero-order valence-electron chi connectivity index (χ0n) is 17.4.